The molecule has 0 saturated carbocycles. The lowest BCUT2D eigenvalue weighted by atomic mass is 9.97. The summed E-state index contributed by atoms with van der Waals surface area (Å²) in [5, 5.41) is 8.87. The molecule has 1 aliphatic carbocycles. The maximum absolute atomic E-state index is 12.5. The number of carbonyl (C=O) groups excluding carboxylic acids is 1. The molecule has 1 N–H and O–H groups in total. The second kappa shape index (κ2) is 8.32. The van der Waals surface area contributed by atoms with Crippen molar-refractivity contribution in [1.82, 2.24) is 9.88 Å². The summed E-state index contributed by atoms with van der Waals surface area (Å²) in [7, 11) is 0. The molecule has 1 amide bonds. The van der Waals surface area contributed by atoms with Crippen LogP contribution in [0.25, 0.3) is 0 Å². The number of nitrogens with zero attached hydrogens (tertiary/aromatic N) is 2. The third kappa shape index (κ3) is 4.98. The number of rotatable bonds is 7. The Balaban J connectivity index is 2.00. The number of allylic oxidation sites excluding steroid dienone is 1. The highest BCUT2D eigenvalue weighted by Crippen LogP contribution is 2.20. The number of aromatic nitrogens is 1. The molecule has 22 heavy (non-hydrogen) atoms. The Labute approximate surface area is 130 Å². The van der Waals surface area contributed by atoms with E-state index in [2.05, 4.69) is 11.1 Å². The maximum atomic E-state index is 12.5. The van der Waals surface area contributed by atoms with Gasteiger partial charge in [0.15, 0.2) is 0 Å². The molecule has 1 aliphatic rings. The molecule has 5 heteroatoms. The number of carbonyl (C=O) groups is 2. The van der Waals surface area contributed by atoms with Crippen molar-refractivity contribution in [1.29, 1.82) is 0 Å². The fraction of sp³-hybridized carbons (Fsp3) is 0.471. The number of carboxylic acids is 1. The Bertz CT molecular complexity index is 540. The van der Waals surface area contributed by atoms with Gasteiger partial charge in [-0.3, -0.25) is 14.6 Å². The summed E-state index contributed by atoms with van der Waals surface area (Å²) in [6.45, 7) is 0.795. The van der Waals surface area contributed by atoms with Crippen LogP contribution in [0.3, 0.4) is 0 Å². The highest BCUT2D eigenvalue weighted by atomic mass is 16.4. The lowest BCUT2D eigenvalue weighted by Crippen LogP contribution is -2.34. The van der Waals surface area contributed by atoms with Crippen molar-refractivity contribution in [3.8, 4) is 0 Å². The number of hydrogen-bond acceptors (Lipinski definition) is 3. The van der Waals surface area contributed by atoms with E-state index in [9.17, 15) is 9.59 Å². The van der Waals surface area contributed by atoms with Crippen LogP contribution >= 0.6 is 0 Å². The first-order valence-corrected chi connectivity index (χ1v) is 7.76. The van der Waals surface area contributed by atoms with Gasteiger partial charge in [-0.25, -0.2) is 0 Å². The molecule has 0 aromatic carbocycles. The van der Waals surface area contributed by atoms with E-state index in [1.807, 2.05) is 0 Å². The average Bonchev–Trinajstić information content (AvgIpc) is 2.56. The van der Waals surface area contributed by atoms with Crippen LogP contribution in [0.2, 0.25) is 0 Å². The van der Waals surface area contributed by atoms with E-state index in [0.29, 0.717) is 12.1 Å². The Hall–Kier alpha value is -2.17. The van der Waals surface area contributed by atoms with Gasteiger partial charge in [0.25, 0.3) is 5.91 Å². The summed E-state index contributed by atoms with van der Waals surface area (Å²) in [5.41, 5.74) is 1.89. The molecule has 0 saturated heterocycles. The molecule has 0 atom stereocenters. The Morgan fingerprint density at radius 2 is 2.14 bits per heavy atom. The molecule has 0 bridgehead atoms. The van der Waals surface area contributed by atoms with Crippen molar-refractivity contribution >= 4 is 11.9 Å². The molecule has 1 heterocycles. The van der Waals surface area contributed by atoms with Gasteiger partial charge in [-0.2, -0.15) is 0 Å². The summed E-state index contributed by atoms with van der Waals surface area (Å²) in [5.74, 6) is -1.04. The first-order chi connectivity index (χ1) is 10.7. The number of aliphatic carboxylic acids is 1. The topological polar surface area (TPSA) is 70.5 Å². The molecule has 0 spiro atoms. The third-order valence-electron chi connectivity index (χ3n) is 3.88. The molecular formula is C17H22N2O3. The molecule has 0 aliphatic heterocycles. The fourth-order valence-corrected chi connectivity index (χ4v) is 2.63. The molecule has 118 valence electrons. The summed E-state index contributed by atoms with van der Waals surface area (Å²) in [6.07, 6.45) is 10.8. The quantitative estimate of drug-likeness (QED) is 0.786. The maximum Gasteiger partial charge on any atom is 0.305 e. The molecule has 0 unspecified atom stereocenters. The van der Waals surface area contributed by atoms with Crippen LogP contribution in [-0.4, -0.2) is 40.0 Å². The first-order valence-electron chi connectivity index (χ1n) is 7.76. The zero-order valence-corrected chi connectivity index (χ0v) is 12.7. The summed E-state index contributed by atoms with van der Waals surface area (Å²) in [4.78, 5) is 28.9. The zero-order chi connectivity index (χ0) is 15.8. The van der Waals surface area contributed by atoms with E-state index in [1.54, 1.807) is 23.2 Å². The van der Waals surface area contributed by atoms with Crippen LogP contribution < -0.4 is 0 Å². The van der Waals surface area contributed by atoms with Gasteiger partial charge in [-0.1, -0.05) is 11.6 Å². The van der Waals surface area contributed by atoms with E-state index >= 15 is 0 Å². The second-order valence-electron chi connectivity index (χ2n) is 5.54. The van der Waals surface area contributed by atoms with Crippen LogP contribution in [0.5, 0.6) is 0 Å². The van der Waals surface area contributed by atoms with Crippen molar-refractivity contribution < 1.29 is 14.7 Å². The second-order valence-corrected chi connectivity index (χ2v) is 5.54. The zero-order valence-electron chi connectivity index (χ0n) is 12.7. The minimum absolute atomic E-state index is 0.0367. The van der Waals surface area contributed by atoms with Gasteiger partial charge < -0.3 is 10.0 Å². The molecule has 1 aromatic heterocycles. The minimum Gasteiger partial charge on any atom is -0.481 e. The molecule has 5 nitrogen and oxygen atoms in total. The van der Waals surface area contributed by atoms with Crippen LogP contribution in [0.15, 0.2) is 36.2 Å². The van der Waals surface area contributed by atoms with Crippen LogP contribution in [0.4, 0.5) is 0 Å². The Kier molecular flexibility index (Phi) is 6.13. The SMILES string of the molecule is O=C(O)CCN(CCC1=CCCCC1)C(=O)c1cccnc1. The number of hydrogen-bond donors (Lipinski definition) is 1. The molecule has 1 aromatic rings. The van der Waals surface area contributed by atoms with Crippen molar-refractivity contribution in [2.45, 2.75) is 38.5 Å². The van der Waals surface area contributed by atoms with Crippen molar-refractivity contribution in [2.24, 2.45) is 0 Å². The summed E-state index contributed by atoms with van der Waals surface area (Å²) in [6, 6.07) is 3.43. The van der Waals surface area contributed by atoms with Crippen molar-refractivity contribution in [3.63, 3.8) is 0 Å². The van der Waals surface area contributed by atoms with E-state index in [1.165, 1.54) is 24.6 Å². The predicted molar refractivity (Wildman–Crippen MR) is 83.6 cm³/mol. The van der Waals surface area contributed by atoms with Gasteiger partial charge in [0.2, 0.25) is 0 Å². The Morgan fingerprint density at radius 1 is 1.27 bits per heavy atom. The van der Waals surface area contributed by atoms with Crippen molar-refractivity contribution in [2.75, 3.05) is 13.1 Å². The number of amides is 1. The van der Waals surface area contributed by atoms with Gasteiger partial charge in [0, 0.05) is 25.5 Å². The van der Waals surface area contributed by atoms with Gasteiger partial charge in [0.1, 0.15) is 0 Å². The van der Waals surface area contributed by atoms with Crippen LogP contribution in [-0.2, 0) is 4.79 Å². The van der Waals surface area contributed by atoms with E-state index in [-0.39, 0.29) is 18.9 Å². The first kappa shape index (κ1) is 16.2. The molecule has 0 radical (unpaired) electrons. The largest absolute Gasteiger partial charge is 0.481 e. The van der Waals surface area contributed by atoms with E-state index in [0.717, 1.165) is 19.3 Å². The third-order valence-corrected chi connectivity index (χ3v) is 3.88. The number of carboxylic acid groups (broad SMARTS) is 1. The van der Waals surface area contributed by atoms with E-state index < -0.39 is 5.97 Å². The van der Waals surface area contributed by atoms with Gasteiger partial charge >= 0.3 is 5.97 Å². The molecular weight excluding hydrogens is 280 g/mol. The lowest BCUT2D eigenvalue weighted by molar-refractivity contribution is -0.137. The normalized spacial score (nSPS) is 14.3. The van der Waals surface area contributed by atoms with Gasteiger partial charge in [0.05, 0.1) is 12.0 Å². The Morgan fingerprint density at radius 3 is 2.77 bits per heavy atom. The van der Waals surface area contributed by atoms with Gasteiger partial charge in [-0.05, 0) is 44.2 Å². The van der Waals surface area contributed by atoms with Crippen LogP contribution in [0, 0.1) is 0 Å². The lowest BCUT2D eigenvalue weighted by Gasteiger charge is -2.23. The summed E-state index contributed by atoms with van der Waals surface area (Å²) < 4.78 is 0. The average molecular weight is 302 g/mol. The highest BCUT2D eigenvalue weighted by Gasteiger charge is 2.17. The molecule has 0 fully saturated rings. The number of pyridine rings is 1. The monoisotopic (exact) mass is 302 g/mol. The smallest absolute Gasteiger partial charge is 0.305 e. The molecule has 2 rings (SSSR count). The van der Waals surface area contributed by atoms with Crippen molar-refractivity contribution in [3.05, 3.63) is 41.7 Å². The standard InChI is InChI=1S/C17H22N2O3/c20-16(21)9-12-19(11-8-14-5-2-1-3-6-14)17(22)15-7-4-10-18-13-15/h4-5,7,10,13H,1-3,6,8-9,11-12H2,(H,20,21). The fourth-order valence-electron chi connectivity index (χ4n) is 2.63. The van der Waals surface area contributed by atoms with E-state index in [4.69, 9.17) is 5.11 Å². The van der Waals surface area contributed by atoms with Crippen LogP contribution in [0.1, 0.15) is 48.9 Å². The summed E-state index contributed by atoms with van der Waals surface area (Å²) >= 11 is 0. The van der Waals surface area contributed by atoms with Gasteiger partial charge in [-0.15, -0.1) is 0 Å². The minimum atomic E-state index is -0.888. The predicted octanol–water partition coefficient (Wildman–Crippen LogP) is 2.89. The highest BCUT2D eigenvalue weighted by molar-refractivity contribution is 5.94.